The molecule has 1 N–H and O–H groups in total. The van der Waals surface area contributed by atoms with Gasteiger partial charge in [0, 0.05) is 11.8 Å². The topological polar surface area (TPSA) is 90.9 Å². The fraction of sp³-hybridized carbons (Fsp3) is 0.318. The molecule has 0 heterocycles. The highest BCUT2D eigenvalue weighted by Gasteiger charge is 2.11. The van der Waals surface area contributed by atoms with Crippen LogP contribution < -0.4 is 14.8 Å². The minimum absolute atomic E-state index is 0.207. The molecule has 7 heteroatoms. The Bertz CT molecular complexity index is 845. The van der Waals surface area contributed by atoms with Crippen molar-refractivity contribution in [2.24, 2.45) is 0 Å². The Kier molecular flexibility index (Phi) is 8.21. The predicted molar refractivity (Wildman–Crippen MR) is 109 cm³/mol. The second-order valence-corrected chi connectivity index (χ2v) is 6.53. The fourth-order valence-electron chi connectivity index (χ4n) is 2.36. The third-order valence-corrected chi connectivity index (χ3v) is 3.69. The van der Waals surface area contributed by atoms with Crippen LogP contribution in [0, 0.1) is 0 Å². The number of amides is 1. The van der Waals surface area contributed by atoms with E-state index in [9.17, 15) is 14.4 Å². The SMILES string of the molecule is CCCOc1ccc(C=O)c(OCC(=O)Nc2ccc(C(=O)OC(C)C)cc2)c1. The van der Waals surface area contributed by atoms with Gasteiger partial charge in [0.25, 0.3) is 5.91 Å². The molecule has 0 radical (unpaired) electrons. The Balaban J connectivity index is 1.94. The van der Waals surface area contributed by atoms with Gasteiger partial charge in [0.1, 0.15) is 11.5 Å². The molecule has 1 amide bonds. The van der Waals surface area contributed by atoms with Crippen molar-refractivity contribution in [3.8, 4) is 11.5 Å². The van der Waals surface area contributed by atoms with Gasteiger partial charge in [-0.2, -0.15) is 0 Å². The summed E-state index contributed by atoms with van der Waals surface area (Å²) in [7, 11) is 0. The summed E-state index contributed by atoms with van der Waals surface area (Å²) in [5, 5.41) is 2.67. The molecule has 0 spiro atoms. The van der Waals surface area contributed by atoms with E-state index in [0.29, 0.717) is 35.5 Å². The molecular formula is C22H25NO6. The van der Waals surface area contributed by atoms with Gasteiger partial charge in [-0.05, 0) is 56.7 Å². The number of ether oxygens (including phenoxy) is 3. The van der Waals surface area contributed by atoms with Gasteiger partial charge in [-0.1, -0.05) is 6.92 Å². The first-order valence-corrected chi connectivity index (χ1v) is 9.38. The highest BCUT2D eigenvalue weighted by atomic mass is 16.5. The van der Waals surface area contributed by atoms with Crippen molar-refractivity contribution in [1.82, 2.24) is 0 Å². The maximum absolute atomic E-state index is 12.2. The van der Waals surface area contributed by atoms with Crippen LogP contribution in [-0.2, 0) is 9.53 Å². The van der Waals surface area contributed by atoms with Gasteiger partial charge < -0.3 is 19.5 Å². The zero-order valence-electron chi connectivity index (χ0n) is 16.8. The molecule has 0 aromatic heterocycles. The summed E-state index contributed by atoms with van der Waals surface area (Å²) in [6, 6.07) is 11.2. The first kappa shape index (κ1) is 21.9. The van der Waals surface area contributed by atoms with E-state index in [1.165, 1.54) is 0 Å². The molecule has 2 rings (SSSR count). The maximum atomic E-state index is 12.2. The lowest BCUT2D eigenvalue weighted by molar-refractivity contribution is -0.118. The first-order valence-electron chi connectivity index (χ1n) is 9.38. The number of carbonyl (C=O) groups excluding carboxylic acids is 3. The van der Waals surface area contributed by atoms with E-state index in [1.807, 2.05) is 6.92 Å². The number of hydrogen-bond acceptors (Lipinski definition) is 6. The Morgan fingerprint density at radius 1 is 1.07 bits per heavy atom. The number of benzene rings is 2. The molecule has 0 bridgehead atoms. The number of rotatable bonds is 10. The van der Waals surface area contributed by atoms with Crippen LogP contribution >= 0.6 is 0 Å². The molecular weight excluding hydrogens is 374 g/mol. The van der Waals surface area contributed by atoms with Crippen LogP contribution in [-0.4, -0.2) is 37.5 Å². The van der Waals surface area contributed by atoms with E-state index in [2.05, 4.69) is 5.32 Å². The summed E-state index contributed by atoms with van der Waals surface area (Å²) in [5.41, 5.74) is 1.23. The van der Waals surface area contributed by atoms with E-state index < -0.39 is 11.9 Å². The van der Waals surface area contributed by atoms with Crippen LogP contribution in [0.4, 0.5) is 5.69 Å². The summed E-state index contributed by atoms with van der Waals surface area (Å²) in [5.74, 6) is 0.0132. The average molecular weight is 399 g/mol. The number of nitrogens with one attached hydrogen (secondary N) is 1. The number of hydrogen-bond donors (Lipinski definition) is 1. The van der Waals surface area contributed by atoms with Gasteiger partial charge >= 0.3 is 5.97 Å². The van der Waals surface area contributed by atoms with Crippen LogP contribution in [0.15, 0.2) is 42.5 Å². The molecule has 0 saturated carbocycles. The van der Waals surface area contributed by atoms with Crippen LogP contribution in [0.1, 0.15) is 47.9 Å². The van der Waals surface area contributed by atoms with E-state index in [0.717, 1.165) is 6.42 Å². The summed E-state index contributed by atoms with van der Waals surface area (Å²) in [4.78, 5) is 35.2. The van der Waals surface area contributed by atoms with Crippen molar-refractivity contribution in [1.29, 1.82) is 0 Å². The number of esters is 1. The molecule has 2 aromatic rings. The minimum Gasteiger partial charge on any atom is -0.493 e. The molecule has 0 atom stereocenters. The van der Waals surface area contributed by atoms with Crippen LogP contribution in [0.3, 0.4) is 0 Å². The maximum Gasteiger partial charge on any atom is 0.338 e. The summed E-state index contributed by atoms with van der Waals surface area (Å²) in [6.07, 6.45) is 1.30. The van der Waals surface area contributed by atoms with Crippen molar-refractivity contribution < 1.29 is 28.6 Å². The Morgan fingerprint density at radius 3 is 2.41 bits per heavy atom. The molecule has 29 heavy (non-hydrogen) atoms. The zero-order chi connectivity index (χ0) is 21.2. The van der Waals surface area contributed by atoms with Gasteiger partial charge in [0.05, 0.1) is 23.8 Å². The summed E-state index contributed by atoms with van der Waals surface area (Å²) in [6.45, 7) is 5.79. The first-order chi connectivity index (χ1) is 13.9. The Hall–Kier alpha value is -3.35. The lowest BCUT2D eigenvalue weighted by Gasteiger charge is -2.12. The van der Waals surface area contributed by atoms with Gasteiger partial charge in [-0.15, -0.1) is 0 Å². The quantitative estimate of drug-likeness (QED) is 0.482. The van der Waals surface area contributed by atoms with E-state index in [-0.39, 0.29) is 18.5 Å². The normalized spacial score (nSPS) is 10.3. The van der Waals surface area contributed by atoms with Crippen molar-refractivity contribution >= 4 is 23.9 Å². The minimum atomic E-state index is -0.423. The molecule has 0 unspecified atom stereocenters. The highest BCUT2D eigenvalue weighted by molar-refractivity contribution is 5.94. The highest BCUT2D eigenvalue weighted by Crippen LogP contribution is 2.24. The molecule has 0 aliphatic heterocycles. The van der Waals surface area contributed by atoms with Crippen LogP contribution in [0.2, 0.25) is 0 Å². The number of aldehydes is 1. The third-order valence-electron chi connectivity index (χ3n) is 3.69. The van der Waals surface area contributed by atoms with Crippen molar-refractivity contribution in [2.75, 3.05) is 18.5 Å². The van der Waals surface area contributed by atoms with Gasteiger partial charge in [-0.3, -0.25) is 9.59 Å². The predicted octanol–water partition coefficient (Wildman–Crippen LogP) is 3.87. The molecule has 0 fully saturated rings. The largest absolute Gasteiger partial charge is 0.493 e. The third kappa shape index (κ3) is 6.95. The second-order valence-electron chi connectivity index (χ2n) is 6.53. The van der Waals surface area contributed by atoms with Crippen molar-refractivity contribution in [3.63, 3.8) is 0 Å². The van der Waals surface area contributed by atoms with Crippen LogP contribution in [0.5, 0.6) is 11.5 Å². The number of carbonyl (C=O) groups is 3. The van der Waals surface area contributed by atoms with E-state index in [4.69, 9.17) is 14.2 Å². The molecule has 0 aliphatic carbocycles. The van der Waals surface area contributed by atoms with Gasteiger partial charge in [0.2, 0.25) is 0 Å². The molecule has 7 nitrogen and oxygen atoms in total. The summed E-state index contributed by atoms with van der Waals surface area (Å²) >= 11 is 0. The van der Waals surface area contributed by atoms with E-state index in [1.54, 1.807) is 56.3 Å². The lowest BCUT2D eigenvalue weighted by Crippen LogP contribution is -2.20. The molecule has 0 aliphatic rings. The zero-order valence-corrected chi connectivity index (χ0v) is 16.8. The van der Waals surface area contributed by atoms with Crippen molar-refractivity contribution in [3.05, 3.63) is 53.6 Å². The molecule has 0 saturated heterocycles. The Morgan fingerprint density at radius 2 is 1.79 bits per heavy atom. The van der Waals surface area contributed by atoms with E-state index >= 15 is 0 Å². The van der Waals surface area contributed by atoms with Crippen LogP contribution in [0.25, 0.3) is 0 Å². The monoisotopic (exact) mass is 399 g/mol. The second kappa shape index (κ2) is 10.8. The Labute approximate surface area is 170 Å². The van der Waals surface area contributed by atoms with Gasteiger partial charge in [0.15, 0.2) is 12.9 Å². The molecule has 2 aromatic carbocycles. The number of anilines is 1. The lowest BCUT2D eigenvalue weighted by atomic mass is 10.2. The summed E-state index contributed by atoms with van der Waals surface area (Å²) < 4.78 is 16.1. The average Bonchev–Trinajstić information content (AvgIpc) is 2.70. The van der Waals surface area contributed by atoms with Crippen molar-refractivity contribution in [2.45, 2.75) is 33.3 Å². The fourth-order valence-corrected chi connectivity index (χ4v) is 2.36. The van der Waals surface area contributed by atoms with Gasteiger partial charge in [-0.25, -0.2) is 4.79 Å². The smallest absolute Gasteiger partial charge is 0.338 e. The standard InChI is InChI=1S/C22H25NO6/c1-4-11-27-19-10-7-17(13-24)20(12-19)28-14-21(25)23-18-8-5-16(6-9-18)22(26)29-15(2)3/h5-10,12-13,15H,4,11,14H2,1-3H3,(H,23,25). The molecule has 154 valence electrons.